The number of benzene rings is 2. The molecule has 180 valence electrons. The van der Waals surface area contributed by atoms with Gasteiger partial charge in [-0.1, -0.05) is 15.9 Å². The van der Waals surface area contributed by atoms with Crippen LogP contribution in [0.2, 0.25) is 0 Å². The van der Waals surface area contributed by atoms with Crippen molar-refractivity contribution in [2.45, 2.75) is 45.3 Å². The van der Waals surface area contributed by atoms with Crippen molar-refractivity contribution in [1.82, 2.24) is 15.1 Å². The first-order chi connectivity index (χ1) is 16.1. The van der Waals surface area contributed by atoms with Crippen molar-refractivity contribution >= 4 is 38.6 Å². The van der Waals surface area contributed by atoms with Gasteiger partial charge in [0.2, 0.25) is 0 Å². The average Bonchev–Trinajstić information content (AvgIpc) is 2.78. The first-order valence-corrected chi connectivity index (χ1v) is 12.0. The molecule has 1 saturated heterocycles. The molecule has 0 saturated carbocycles. The summed E-state index contributed by atoms with van der Waals surface area (Å²) in [5.41, 5.74) is 0.805. The molecule has 0 spiro atoms. The molecule has 0 aliphatic carbocycles. The smallest absolute Gasteiger partial charge is 0.410 e. The third kappa shape index (κ3) is 5.41. The molecule has 9 heteroatoms. The summed E-state index contributed by atoms with van der Waals surface area (Å²) in [6.45, 7) is 6.65. The SMILES string of the molecule is COc1cc(Br)ccc1-c1nnc(N[C@@H]2CCCN(C(=O)OC(C)(C)C)C2)c2cc(F)ccc12. The molecule has 1 aromatic heterocycles. The van der Waals surface area contributed by atoms with E-state index in [1.165, 1.54) is 12.1 Å². The summed E-state index contributed by atoms with van der Waals surface area (Å²) in [7, 11) is 1.59. The molecular weight excluding hydrogens is 503 g/mol. The van der Waals surface area contributed by atoms with Gasteiger partial charge >= 0.3 is 6.09 Å². The van der Waals surface area contributed by atoms with Gasteiger partial charge in [-0.05, 0) is 70.0 Å². The number of amides is 1. The van der Waals surface area contributed by atoms with E-state index < -0.39 is 5.60 Å². The van der Waals surface area contributed by atoms with Crippen LogP contribution < -0.4 is 10.1 Å². The maximum atomic E-state index is 14.3. The summed E-state index contributed by atoms with van der Waals surface area (Å²) in [4.78, 5) is 14.2. The first kappa shape index (κ1) is 24.2. The minimum atomic E-state index is -0.555. The Morgan fingerprint density at radius 3 is 2.71 bits per heavy atom. The number of nitrogens with zero attached hydrogens (tertiary/aromatic N) is 3. The van der Waals surface area contributed by atoms with Gasteiger partial charge < -0.3 is 19.7 Å². The lowest BCUT2D eigenvalue weighted by Gasteiger charge is -2.34. The van der Waals surface area contributed by atoms with Crippen molar-refractivity contribution in [3.05, 3.63) is 46.7 Å². The minimum Gasteiger partial charge on any atom is -0.496 e. The molecule has 34 heavy (non-hydrogen) atoms. The van der Waals surface area contributed by atoms with Crippen LogP contribution in [0.4, 0.5) is 15.0 Å². The Morgan fingerprint density at radius 1 is 1.18 bits per heavy atom. The van der Waals surface area contributed by atoms with Crippen LogP contribution in [0.25, 0.3) is 22.0 Å². The minimum absolute atomic E-state index is 0.0601. The number of aromatic nitrogens is 2. The van der Waals surface area contributed by atoms with Gasteiger partial charge in [0.05, 0.1) is 7.11 Å². The highest BCUT2D eigenvalue weighted by molar-refractivity contribution is 9.10. The zero-order chi connectivity index (χ0) is 24.5. The number of likely N-dealkylation sites (tertiary alicyclic amines) is 1. The summed E-state index contributed by atoms with van der Waals surface area (Å²) >= 11 is 3.45. The monoisotopic (exact) mass is 530 g/mol. The van der Waals surface area contributed by atoms with Crippen LogP contribution in [0.3, 0.4) is 0 Å². The molecule has 2 heterocycles. The van der Waals surface area contributed by atoms with Gasteiger partial charge in [-0.3, -0.25) is 0 Å². The van der Waals surface area contributed by atoms with Gasteiger partial charge in [0.25, 0.3) is 0 Å². The number of carbonyl (C=O) groups excluding carboxylic acids is 1. The van der Waals surface area contributed by atoms with E-state index in [2.05, 4.69) is 31.4 Å². The van der Waals surface area contributed by atoms with Crippen molar-refractivity contribution in [2.24, 2.45) is 0 Å². The summed E-state index contributed by atoms with van der Waals surface area (Å²) in [5.74, 6) is 0.747. The molecule has 3 aromatic rings. The molecule has 1 N–H and O–H groups in total. The fourth-order valence-electron chi connectivity index (χ4n) is 4.07. The number of ether oxygens (including phenoxy) is 2. The standard InChI is InChI=1S/C25H28BrFN4O3/c1-25(2,3)34-24(32)31-11-5-6-17(14-31)28-23-20-13-16(27)8-10-18(20)22(29-30-23)19-9-7-15(26)12-21(19)33-4/h7-10,12-13,17H,5-6,11,14H2,1-4H3,(H,28,30)/t17-/m1/s1. The van der Waals surface area contributed by atoms with E-state index >= 15 is 0 Å². The van der Waals surface area contributed by atoms with Crippen LogP contribution in [0.5, 0.6) is 5.75 Å². The van der Waals surface area contributed by atoms with Crippen molar-refractivity contribution in [3.8, 4) is 17.0 Å². The molecule has 1 amide bonds. The van der Waals surface area contributed by atoms with E-state index in [1.807, 2.05) is 39.0 Å². The highest BCUT2D eigenvalue weighted by Crippen LogP contribution is 2.37. The Labute approximate surface area is 206 Å². The number of rotatable bonds is 4. The van der Waals surface area contributed by atoms with Gasteiger partial charge in [-0.25, -0.2) is 9.18 Å². The second-order valence-electron chi connectivity index (χ2n) is 9.34. The average molecular weight is 531 g/mol. The molecule has 1 fully saturated rings. The van der Waals surface area contributed by atoms with Crippen molar-refractivity contribution in [2.75, 3.05) is 25.5 Å². The zero-order valence-electron chi connectivity index (χ0n) is 19.7. The number of hydrogen-bond donors (Lipinski definition) is 1. The predicted molar refractivity (Wildman–Crippen MR) is 134 cm³/mol. The van der Waals surface area contributed by atoms with E-state index in [-0.39, 0.29) is 18.0 Å². The second-order valence-corrected chi connectivity index (χ2v) is 10.3. The molecule has 0 unspecified atom stereocenters. The van der Waals surface area contributed by atoms with Crippen molar-refractivity contribution < 1.29 is 18.7 Å². The maximum absolute atomic E-state index is 14.3. The Balaban J connectivity index is 1.65. The number of nitrogens with one attached hydrogen (secondary N) is 1. The Bertz CT molecular complexity index is 1210. The summed E-state index contributed by atoms with van der Waals surface area (Å²) < 4.78 is 26.2. The summed E-state index contributed by atoms with van der Waals surface area (Å²) in [5, 5.41) is 13.6. The molecule has 1 aliphatic heterocycles. The van der Waals surface area contributed by atoms with Crippen LogP contribution in [0, 0.1) is 5.82 Å². The van der Waals surface area contributed by atoms with Crippen molar-refractivity contribution in [3.63, 3.8) is 0 Å². The van der Waals surface area contributed by atoms with E-state index in [0.717, 1.165) is 28.3 Å². The lowest BCUT2D eigenvalue weighted by atomic mass is 10.0. The van der Waals surface area contributed by atoms with Crippen LogP contribution in [-0.2, 0) is 4.74 Å². The molecule has 1 atom stereocenters. The summed E-state index contributed by atoms with van der Waals surface area (Å²) in [6.07, 6.45) is 1.34. The lowest BCUT2D eigenvalue weighted by molar-refractivity contribution is 0.0206. The van der Waals surface area contributed by atoms with E-state index in [4.69, 9.17) is 9.47 Å². The third-order valence-electron chi connectivity index (χ3n) is 5.57. The molecule has 1 aliphatic rings. The topological polar surface area (TPSA) is 76.6 Å². The highest BCUT2D eigenvalue weighted by Gasteiger charge is 2.28. The van der Waals surface area contributed by atoms with Gasteiger partial charge in [-0.15, -0.1) is 10.2 Å². The predicted octanol–water partition coefficient (Wildman–Crippen LogP) is 6.02. The van der Waals surface area contributed by atoms with Gasteiger partial charge in [0, 0.05) is 39.9 Å². The normalized spacial score (nSPS) is 16.4. The second kappa shape index (κ2) is 9.74. The largest absolute Gasteiger partial charge is 0.496 e. The zero-order valence-corrected chi connectivity index (χ0v) is 21.3. The number of fused-ring (bicyclic) bond motifs is 1. The van der Waals surface area contributed by atoms with Crippen LogP contribution in [0.15, 0.2) is 40.9 Å². The Morgan fingerprint density at radius 2 is 1.97 bits per heavy atom. The number of methoxy groups -OCH3 is 1. The molecule has 4 rings (SSSR count). The number of carbonyl (C=O) groups is 1. The first-order valence-electron chi connectivity index (χ1n) is 11.2. The molecule has 0 bridgehead atoms. The van der Waals surface area contributed by atoms with Crippen molar-refractivity contribution in [1.29, 1.82) is 0 Å². The number of hydrogen-bond acceptors (Lipinski definition) is 6. The summed E-state index contributed by atoms with van der Waals surface area (Å²) in [6, 6.07) is 10.1. The van der Waals surface area contributed by atoms with Crippen LogP contribution >= 0.6 is 15.9 Å². The van der Waals surface area contributed by atoms with Gasteiger partial charge in [-0.2, -0.15) is 0 Å². The van der Waals surface area contributed by atoms with Gasteiger partial charge in [0.1, 0.15) is 22.9 Å². The molecular formula is C25H28BrFN4O3. The Hall–Kier alpha value is -2.94. The highest BCUT2D eigenvalue weighted by atomic mass is 79.9. The van der Waals surface area contributed by atoms with E-state index in [1.54, 1.807) is 18.1 Å². The van der Waals surface area contributed by atoms with Crippen LogP contribution in [0.1, 0.15) is 33.6 Å². The fourth-order valence-corrected chi connectivity index (χ4v) is 4.41. The molecule has 7 nitrogen and oxygen atoms in total. The van der Waals surface area contributed by atoms with E-state index in [9.17, 15) is 9.18 Å². The Kier molecular flexibility index (Phi) is 6.93. The maximum Gasteiger partial charge on any atom is 0.410 e. The fraction of sp³-hybridized carbons (Fsp3) is 0.400. The molecule has 2 aromatic carbocycles. The van der Waals surface area contributed by atoms with E-state index in [0.29, 0.717) is 35.7 Å². The van der Waals surface area contributed by atoms with Gasteiger partial charge in [0.15, 0.2) is 5.82 Å². The quantitative estimate of drug-likeness (QED) is 0.444. The third-order valence-corrected chi connectivity index (χ3v) is 6.07. The number of anilines is 1. The number of piperidine rings is 1. The number of halogens is 2. The van der Waals surface area contributed by atoms with Crippen LogP contribution in [-0.4, -0.2) is 53.0 Å². The lowest BCUT2D eigenvalue weighted by Crippen LogP contribution is -2.47. The molecule has 0 radical (unpaired) electrons.